The van der Waals surface area contributed by atoms with Crippen molar-refractivity contribution >= 4 is 17.1 Å². The maximum absolute atomic E-state index is 7.50. The molecule has 0 aliphatic heterocycles. The van der Waals surface area contributed by atoms with Crippen LogP contribution in [0, 0.1) is 20.0 Å². The Morgan fingerprint density at radius 3 is 1.60 bits per heavy atom. The Labute approximate surface area is 134 Å². The Bertz CT molecular complexity index is 499. The van der Waals surface area contributed by atoms with E-state index in [4.69, 9.17) is 26.2 Å². The fourth-order valence-electron chi connectivity index (χ4n) is 1.28. The van der Waals surface area contributed by atoms with E-state index in [1.807, 2.05) is 54.6 Å². The molecule has 0 heterocycles. The zero-order valence-corrected chi connectivity index (χ0v) is 12.2. The molecule has 0 atom stereocenters. The maximum atomic E-state index is 7.50. The summed E-state index contributed by atoms with van der Waals surface area (Å²) in [6, 6.07) is 18.2. The van der Waals surface area contributed by atoms with Crippen molar-refractivity contribution in [2.75, 3.05) is 0 Å². The Hall–Kier alpha value is -1.60. The van der Waals surface area contributed by atoms with E-state index >= 15 is 0 Å². The molecule has 0 N–H and O–H groups in total. The smallest absolute Gasteiger partial charge is 0 e. The second-order valence-electron chi connectivity index (χ2n) is 2.87. The SMILES string of the molecule is S=C(c1ccccc1)[c-]1cccc1.[C-]#[O+].[C-]#[O+].[C-]#[O+].[Mn]. The van der Waals surface area contributed by atoms with Gasteiger partial charge >= 0.3 is 33.9 Å². The number of hydrogen-bond donors (Lipinski definition) is 0. The van der Waals surface area contributed by atoms with Crippen molar-refractivity contribution in [1.29, 1.82) is 0 Å². The molecule has 0 saturated carbocycles. The predicted molar refractivity (Wildman–Crippen MR) is 71.1 cm³/mol. The van der Waals surface area contributed by atoms with Crippen LogP contribution in [0.5, 0.6) is 0 Å². The van der Waals surface area contributed by atoms with Gasteiger partial charge in [0, 0.05) is 17.1 Å². The Kier molecular flexibility index (Phi) is 20.4. The van der Waals surface area contributed by atoms with Gasteiger partial charge in [-0.25, -0.2) is 0 Å². The molecule has 0 bridgehead atoms. The normalized spacial score (nSPS) is 6.70. The summed E-state index contributed by atoms with van der Waals surface area (Å²) < 4.78 is 22.5. The van der Waals surface area contributed by atoms with Gasteiger partial charge in [-0.3, -0.25) is 0 Å². The van der Waals surface area contributed by atoms with Crippen LogP contribution in [0.2, 0.25) is 0 Å². The largest absolute Gasteiger partial charge is 0 e. The van der Waals surface area contributed by atoms with E-state index in [-0.39, 0.29) is 17.1 Å². The first-order valence-corrected chi connectivity index (χ1v) is 5.21. The summed E-state index contributed by atoms with van der Waals surface area (Å²) in [6.45, 7) is 13.5. The second-order valence-corrected chi connectivity index (χ2v) is 3.28. The molecule has 0 aromatic heterocycles. The van der Waals surface area contributed by atoms with E-state index in [1.54, 1.807) is 0 Å². The van der Waals surface area contributed by atoms with Crippen LogP contribution < -0.4 is 0 Å². The van der Waals surface area contributed by atoms with E-state index in [0.717, 1.165) is 16.0 Å². The van der Waals surface area contributed by atoms with Crippen LogP contribution in [0.3, 0.4) is 0 Å². The Balaban J connectivity index is -0.000000368. The van der Waals surface area contributed by atoms with Gasteiger partial charge in [-0.2, -0.15) is 12.1 Å². The topological polar surface area (TPSA) is 59.7 Å². The summed E-state index contributed by atoms with van der Waals surface area (Å²) in [5.41, 5.74) is 2.24. The van der Waals surface area contributed by atoms with E-state index in [2.05, 4.69) is 20.0 Å². The minimum absolute atomic E-state index is 0. The first kappa shape index (κ1) is 23.5. The van der Waals surface area contributed by atoms with Gasteiger partial charge < -0.3 is 0 Å². The molecule has 3 nitrogen and oxygen atoms in total. The zero-order valence-electron chi connectivity index (χ0n) is 10.2. The predicted octanol–water partition coefficient (Wildman–Crippen LogP) is 3.06. The Morgan fingerprint density at radius 2 is 1.20 bits per heavy atom. The van der Waals surface area contributed by atoms with Gasteiger partial charge in [-0.1, -0.05) is 41.5 Å². The van der Waals surface area contributed by atoms with Crippen molar-refractivity contribution in [2.45, 2.75) is 0 Å². The molecule has 0 aliphatic rings. The van der Waals surface area contributed by atoms with Crippen molar-refractivity contribution in [3.05, 3.63) is 85.7 Å². The number of thiocarbonyl (C=S) groups is 1. The average Bonchev–Trinajstić information content (AvgIpc) is 3.08. The fraction of sp³-hybridized carbons (Fsp3) is 0. The molecule has 0 aliphatic carbocycles. The molecule has 0 amide bonds. The van der Waals surface area contributed by atoms with Crippen LogP contribution in [0.4, 0.5) is 0 Å². The van der Waals surface area contributed by atoms with Gasteiger partial charge in [-0.15, -0.1) is 24.4 Å². The first-order chi connectivity index (χ1) is 9.38. The molecule has 101 valence electrons. The second kappa shape index (κ2) is 17.4. The average molecular weight is 324 g/mol. The molecule has 0 saturated heterocycles. The molecule has 5 heteroatoms. The third-order valence-corrected chi connectivity index (χ3v) is 2.43. The maximum Gasteiger partial charge on any atom is 0 e. The van der Waals surface area contributed by atoms with E-state index in [0.29, 0.717) is 0 Å². The number of benzene rings is 1. The summed E-state index contributed by atoms with van der Waals surface area (Å²) in [5, 5.41) is 0. The van der Waals surface area contributed by atoms with Gasteiger partial charge in [-0.05, 0) is 4.86 Å². The molecule has 20 heavy (non-hydrogen) atoms. The number of hydrogen-bond acceptors (Lipinski definition) is 1. The quantitative estimate of drug-likeness (QED) is 0.275. The molecule has 2 aromatic carbocycles. The number of rotatable bonds is 2. The van der Waals surface area contributed by atoms with Crippen molar-refractivity contribution in [1.82, 2.24) is 0 Å². The van der Waals surface area contributed by atoms with Crippen LogP contribution in [-0.2, 0) is 31.0 Å². The molecular weight excluding hydrogens is 315 g/mol. The van der Waals surface area contributed by atoms with Gasteiger partial charge in [0.1, 0.15) is 0 Å². The minimum atomic E-state index is 0. The third-order valence-electron chi connectivity index (χ3n) is 1.96. The van der Waals surface area contributed by atoms with Gasteiger partial charge in [0.2, 0.25) is 0 Å². The monoisotopic (exact) mass is 324 g/mol. The van der Waals surface area contributed by atoms with Crippen molar-refractivity contribution < 1.29 is 31.0 Å². The molecule has 2 rings (SSSR count). The van der Waals surface area contributed by atoms with Crippen LogP contribution in [0.15, 0.2) is 54.6 Å². The Morgan fingerprint density at radius 1 is 0.800 bits per heavy atom. The summed E-state index contributed by atoms with van der Waals surface area (Å²) in [7, 11) is 0. The summed E-state index contributed by atoms with van der Waals surface area (Å²) >= 11 is 5.34. The summed E-state index contributed by atoms with van der Waals surface area (Å²) in [5.74, 6) is 0. The van der Waals surface area contributed by atoms with Crippen molar-refractivity contribution in [3.63, 3.8) is 0 Å². The van der Waals surface area contributed by atoms with E-state index < -0.39 is 0 Å². The molecular formula is C15H9MnO3S-. The molecule has 0 unspecified atom stereocenters. The van der Waals surface area contributed by atoms with Crippen LogP contribution in [0.25, 0.3) is 0 Å². The molecule has 2 aromatic rings. The van der Waals surface area contributed by atoms with Crippen LogP contribution in [0.1, 0.15) is 11.1 Å². The van der Waals surface area contributed by atoms with Crippen LogP contribution >= 0.6 is 12.2 Å². The van der Waals surface area contributed by atoms with Crippen LogP contribution in [-0.4, -0.2) is 4.86 Å². The molecule has 0 fully saturated rings. The van der Waals surface area contributed by atoms with Gasteiger partial charge in [0.25, 0.3) is 0 Å². The molecule has 1 radical (unpaired) electrons. The van der Waals surface area contributed by atoms with Gasteiger partial charge in [0.05, 0.1) is 0 Å². The zero-order chi connectivity index (χ0) is 15.1. The van der Waals surface area contributed by atoms with Crippen molar-refractivity contribution in [2.24, 2.45) is 0 Å². The van der Waals surface area contributed by atoms with E-state index in [9.17, 15) is 0 Å². The first-order valence-electron chi connectivity index (χ1n) is 4.80. The van der Waals surface area contributed by atoms with Crippen molar-refractivity contribution in [3.8, 4) is 0 Å². The summed E-state index contributed by atoms with van der Waals surface area (Å²) in [6.07, 6.45) is 0. The fourth-order valence-corrected chi connectivity index (χ4v) is 1.55. The summed E-state index contributed by atoms with van der Waals surface area (Å²) in [4.78, 5) is 0.922. The minimum Gasteiger partial charge on any atom is 0 e. The third kappa shape index (κ3) is 8.49. The van der Waals surface area contributed by atoms with E-state index in [1.165, 1.54) is 0 Å². The standard InChI is InChI=1S/C12H9S.3CO.Mn/c13-12(11-8-4-5-9-11)10-6-2-1-3-7-10;3*1-2;/h1-9H;;;;/q-1;;;;. The van der Waals surface area contributed by atoms with Gasteiger partial charge in [0.15, 0.2) is 0 Å². The molecule has 0 spiro atoms.